The first-order valence-corrected chi connectivity index (χ1v) is 10.6. The number of nitrogens with zero attached hydrogens (tertiary/aromatic N) is 3. The van der Waals surface area contributed by atoms with Gasteiger partial charge in [0.25, 0.3) is 0 Å². The number of hydrogen-bond donors (Lipinski definition) is 2. The summed E-state index contributed by atoms with van der Waals surface area (Å²) in [6.45, 7) is 6.25. The van der Waals surface area contributed by atoms with Crippen molar-refractivity contribution in [1.29, 1.82) is 0 Å². The summed E-state index contributed by atoms with van der Waals surface area (Å²) in [5, 5.41) is 6.89. The fourth-order valence-electron chi connectivity index (χ4n) is 3.72. The van der Waals surface area contributed by atoms with E-state index in [1.807, 2.05) is 31.2 Å². The third kappa shape index (κ3) is 7.53. The van der Waals surface area contributed by atoms with Crippen molar-refractivity contribution < 1.29 is 9.47 Å². The number of nitrogens with one attached hydrogen (secondary N) is 2. The molecule has 8 heteroatoms. The van der Waals surface area contributed by atoms with Crippen LogP contribution in [0.3, 0.4) is 0 Å². The maximum atomic E-state index is 5.48. The molecule has 170 valence electrons. The molecule has 0 saturated carbocycles. The molecule has 1 unspecified atom stereocenters. The summed E-state index contributed by atoms with van der Waals surface area (Å²) in [6.07, 6.45) is 4.28. The van der Waals surface area contributed by atoms with Gasteiger partial charge in [-0.25, -0.2) is 4.98 Å². The average Bonchev–Trinajstić information content (AvgIpc) is 3.31. The number of aliphatic imine (C=N–C) groups is 1. The van der Waals surface area contributed by atoms with E-state index in [9.17, 15) is 0 Å². The van der Waals surface area contributed by atoms with Gasteiger partial charge in [0.15, 0.2) is 5.96 Å². The van der Waals surface area contributed by atoms with E-state index in [0.29, 0.717) is 25.1 Å². The normalized spacial score (nSPS) is 15.1. The first kappa shape index (κ1) is 25.2. The molecule has 1 aromatic carbocycles. The van der Waals surface area contributed by atoms with Crippen LogP contribution in [0, 0.1) is 0 Å². The number of aromatic nitrogens is 1. The highest BCUT2D eigenvalue weighted by Gasteiger charge is 2.23. The average molecular weight is 539 g/mol. The van der Waals surface area contributed by atoms with Crippen molar-refractivity contribution in [3.63, 3.8) is 0 Å². The highest BCUT2D eigenvalue weighted by molar-refractivity contribution is 14.0. The van der Waals surface area contributed by atoms with Gasteiger partial charge < -0.3 is 20.1 Å². The Morgan fingerprint density at radius 3 is 2.55 bits per heavy atom. The first-order chi connectivity index (χ1) is 14.7. The molecule has 1 atom stereocenters. The summed E-state index contributed by atoms with van der Waals surface area (Å²) in [6, 6.07) is 12.6. The molecule has 0 radical (unpaired) electrons. The van der Waals surface area contributed by atoms with E-state index >= 15 is 0 Å². The summed E-state index contributed by atoms with van der Waals surface area (Å²) in [4.78, 5) is 11.1. The van der Waals surface area contributed by atoms with E-state index in [1.165, 1.54) is 18.4 Å². The Morgan fingerprint density at radius 1 is 1.16 bits per heavy atom. The van der Waals surface area contributed by atoms with E-state index < -0.39 is 0 Å². The van der Waals surface area contributed by atoms with E-state index in [2.05, 4.69) is 37.6 Å². The summed E-state index contributed by atoms with van der Waals surface area (Å²) in [5.74, 6) is 2.31. The molecule has 1 aliphatic rings. The molecule has 1 aliphatic heterocycles. The zero-order valence-corrected chi connectivity index (χ0v) is 21.0. The van der Waals surface area contributed by atoms with Gasteiger partial charge in [-0.2, -0.15) is 0 Å². The van der Waals surface area contributed by atoms with Crippen molar-refractivity contribution >= 4 is 29.9 Å². The Labute approximate surface area is 202 Å². The van der Waals surface area contributed by atoms with Crippen LogP contribution < -0.4 is 20.1 Å². The SMILES string of the molecule is CCOc1cc(CNC(=NC)NCC(c2ccc(OC)cc2)N2CCCC2)ccn1.I. The van der Waals surface area contributed by atoms with E-state index in [0.717, 1.165) is 36.9 Å². The zero-order valence-electron chi connectivity index (χ0n) is 18.6. The summed E-state index contributed by atoms with van der Waals surface area (Å²) in [7, 11) is 3.50. The minimum Gasteiger partial charge on any atom is -0.497 e. The van der Waals surface area contributed by atoms with Crippen molar-refractivity contribution in [2.75, 3.05) is 40.4 Å². The number of methoxy groups -OCH3 is 1. The fourth-order valence-corrected chi connectivity index (χ4v) is 3.72. The Bertz CT molecular complexity index is 810. The molecule has 0 amide bonds. The molecule has 2 N–H and O–H groups in total. The quantitative estimate of drug-likeness (QED) is 0.288. The number of hydrogen-bond acceptors (Lipinski definition) is 5. The van der Waals surface area contributed by atoms with Gasteiger partial charge in [-0.3, -0.25) is 9.89 Å². The topological polar surface area (TPSA) is 71.0 Å². The second-order valence-electron chi connectivity index (χ2n) is 7.27. The van der Waals surface area contributed by atoms with Crippen molar-refractivity contribution in [3.8, 4) is 11.6 Å². The first-order valence-electron chi connectivity index (χ1n) is 10.6. The molecule has 1 aromatic heterocycles. The zero-order chi connectivity index (χ0) is 21.2. The molecule has 3 rings (SSSR count). The van der Waals surface area contributed by atoms with Crippen molar-refractivity contribution in [1.82, 2.24) is 20.5 Å². The standard InChI is InChI=1S/C23H33N5O2.HI/c1-4-30-22-15-18(11-12-25-22)16-26-23(24-2)27-17-21(28-13-5-6-14-28)19-7-9-20(29-3)10-8-19;/h7-12,15,21H,4-6,13-14,16-17H2,1-3H3,(H2,24,26,27);1H. The number of ether oxygens (including phenoxy) is 2. The third-order valence-electron chi connectivity index (χ3n) is 5.32. The monoisotopic (exact) mass is 539 g/mol. The molecule has 0 aliphatic carbocycles. The number of guanidine groups is 1. The maximum absolute atomic E-state index is 5.48. The van der Waals surface area contributed by atoms with Gasteiger partial charge in [0.2, 0.25) is 5.88 Å². The molecule has 2 heterocycles. The van der Waals surface area contributed by atoms with Crippen LogP contribution in [-0.4, -0.2) is 56.2 Å². The molecule has 0 spiro atoms. The molecule has 0 bridgehead atoms. The van der Waals surface area contributed by atoms with Gasteiger partial charge in [-0.05, 0) is 62.2 Å². The third-order valence-corrected chi connectivity index (χ3v) is 5.32. The van der Waals surface area contributed by atoms with Crippen LogP contribution in [0.2, 0.25) is 0 Å². The molecular formula is C23H34IN5O2. The number of likely N-dealkylation sites (tertiary alicyclic amines) is 1. The summed E-state index contributed by atoms with van der Waals surface area (Å²) >= 11 is 0. The number of benzene rings is 1. The van der Waals surface area contributed by atoms with Gasteiger partial charge in [0.05, 0.1) is 19.8 Å². The van der Waals surface area contributed by atoms with Crippen LogP contribution >= 0.6 is 24.0 Å². The number of rotatable bonds is 9. The van der Waals surface area contributed by atoms with Gasteiger partial charge in [0.1, 0.15) is 5.75 Å². The highest BCUT2D eigenvalue weighted by atomic mass is 127. The van der Waals surface area contributed by atoms with Crippen LogP contribution in [-0.2, 0) is 6.54 Å². The maximum Gasteiger partial charge on any atom is 0.213 e. The lowest BCUT2D eigenvalue weighted by Gasteiger charge is -2.29. The second kappa shape index (κ2) is 13.4. The van der Waals surface area contributed by atoms with Gasteiger partial charge >= 0.3 is 0 Å². The molecule has 2 aromatic rings. The van der Waals surface area contributed by atoms with Crippen molar-refractivity contribution in [2.45, 2.75) is 32.4 Å². The van der Waals surface area contributed by atoms with Gasteiger partial charge in [-0.1, -0.05) is 12.1 Å². The molecule has 7 nitrogen and oxygen atoms in total. The van der Waals surface area contributed by atoms with Crippen LogP contribution in [0.1, 0.15) is 36.9 Å². The van der Waals surface area contributed by atoms with Crippen molar-refractivity contribution in [3.05, 3.63) is 53.7 Å². The van der Waals surface area contributed by atoms with E-state index in [4.69, 9.17) is 9.47 Å². The second-order valence-corrected chi connectivity index (χ2v) is 7.27. The van der Waals surface area contributed by atoms with Crippen LogP contribution in [0.15, 0.2) is 47.6 Å². The Balaban J connectivity index is 0.00000341. The minimum absolute atomic E-state index is 0. The Kier molecular flexibility index (Phi) is 10.9. The smallest absolute Gasteiger partial charge is 0.213 e. The predicted molar refractivity (Wildman–Crippen MR) is 136 cm³/mol. The van der Waals surface area contributed by atoms with Gasteiger partial charge in [-0.15, -0.1) is 24.0 Å². The van der Waals surface area contributed by atoms with Gasteiger partial charge in [0, 0.05) is 32.4 Å². The lowest BCUT2D eigenvalue weighted by atomic mass is 10.1. The van der Waals surface area contributed by atoms with Crippen LogP contribution in [0.4, 0.5) is 0 Å². The molecule has 31 heavy (non-hydrogen) atoms. The number of halogens is 1. The van der Waals surface area contributed by atoms with Crippen LogP contribution in [0.5, 0.6) is 11.6 Å². The Hall–Kier alpha value is -2.07. The summed E-state index contributed by atoms with van der Waals surface area (Å²) in [5.41, 5.74) is 2.39. The molecular weight excluding hydrogens is 505 g/mol. The minimum atomic E-state index is 0. The van der Waals surface area contributed by atoms with E-state index in [1.54, 1.807) is 20.4 Å². The molecule has 1 fully saturated rings. The lowest BCUT2D eigenvalue weighted by molar-refractivity contribution is 0.245. The Morgan fingerprint density at radius 2 is 1.90 bits per heavy atom. The fraction of sp³-hybridized carbons (Fsp3) is 0.478. The molecule has 1 saturated heterocycles. The lowest BCUT2D eigenvalue weighted by Crippen LogP contribution is -2.42. The number of pyridine rings is 1. The summed E-state index contributed by atoms with van der Waals surface area (Å²) < 4.78 is 10.8. The van der Waals surface area contributed by atoms with E-state index in [-0.39, 0.29) is 24.0 Å². The predicted octanol–water partition coefficient (Wildman–Crippen LogP) is 3.61. The largest absolute Gasteiger partial charge is 0.497 e. The van der Waals surface area contributed by atoms with Crippen LogP contribution in [0.25, 0.3) is 0 Å². The van der Waals surface area contributed by atoms with Crippen molar-refractivity contribution in [2.24, 2.45) is 4.99 Å². The highest BCUT2D eigenvalue weighted by Crippen LogP contribution is 2.26.